The van der Waals surface area contributed by atoms with E-state index in [1.165, 1.54) is 244 Å². The number of nitrogens with zero attached hydrogens (tertiary/aromatic N) is 1. The van der Waals surface area contributed by atoms with E-state index in [0.29, 0.717) is 23.9 Å². The molecule has 0 saturated heterocycles. The second-order valence-corrected chi connectivity index (χ2v) is 26.5. The van der Waals surface area contributed by atoms with Crippen LogP contribution >= 0.6 is 7.82 Å². The first kappa shape index (κ1) is 79.0. The van der Waals surface area contributed by atoms with Crippen molar-refractivity contribution >= 4 is 19.7 Å². The van der Waals surface area contributed by atoms with E-state index in [2.05, 4.69) is 62.5 Å². The van der Waals surface area contributed by atoms with Crippen molar-refractivity contribution in [3.63, 3.8) is 0 Å². The zero-order chi connectivity index (χ0) is 59.3. The molecule has 3 atom stereocenters. The number of amides is 1. The molecule has 0 radical (unpaired) electrons. The molecule has 0 bridgehead atoms. The number of hydrogen-bond acceptors (Lipinski definition) is 6. The minimum Gasteiger partial charge on any atom is -0.456 e. The van der Waals surface area contributed by atoms with E-state index in [1.54, 1.807) is 0 Å². The Bertz CT molecular complexity index is 1520. The predicted octanol–water partition coefficient (Wildman–Crippen LogP) is 22.0. The van der Waals surface area contributed by atoms with E-state index in [0.717, 1.165) is 64.2 Å². The molecule has 9 nitrogen and oxygen atoms in total. The number of rotatable bonds is 64. The molecule has 1 amide bonds. The Morgan fingerprint density at radius 2 is 0.753 bits per heavy atom. The fraction of sp³-hybridized carbons (Fsp3) is 0.859. The Balaban J connectivity index is 5.04. The smallest absolute Gasteiger partial charge is 0.456 e. The van der Waals surface area contributed by atoms with Gasteiger partial charge in [0.1, 0.15) is 19.3 Å². The molecule has 0 saturated carbocycles. The number of phosphoric acid groups is 1. The summed E-state index contributed by atoms with van der Waals surface area (Å²) in [4.78, 5) is 37.8. The van der Waals surface area contributed by atoms with Crippen LogP contribution < -0.4 is 5.32 Å². The van der Waals surface area contributed by atoms with E-state index < -0.39 is 20.0 Å². The molecule has 476 valence electrons. The van der Waals surface area contributed by atoms with Gasteiger partial charge in [-0.1, -0.05) is 288 Å². The van der Waals surface area contributed by atoms with Gasteiger partial charge in [-0.25, -0.2) is 4.57 Å². The van der Waals surface area contributed by atoms with Crippen molar-refractivity contribution in [2.45, 2.75) is 354 Å². The highest BCUT2D eigenvalue weighted by Crippen LogP contribution is 2.43. The highest BCUT2D eigenvalue weighted by Gasteiger charge is 2.30. The maximum absolute atomic E-state index is 13.6. The van der Waals surface area contributed by atoms with Crippen molar-refractivity contribution < 1.29 is 37.3 Å². The lowest BCUT2D eigenvalue weighted by Crippen LogP contribution is -2.47. The van der Waals surface area contributed by atoms with Gasteiger partial charge in [0, 0.05) is 12.8 Å². The molecule has 0 aliphatic rings. The Hall–Kier alpha value is -2.03. The molecule has 2 N–H and O–H groups in total. The zero-order valence-electron chi connectivity index (χ0n) is 54.5. The first-order valence-corrected chi connectivity index (χ1v) is 36.5. The number of likely N-dealkylation sites (N-methyl/N-ethyl adjacent to an activating group) is 1. The number of allylic oxidation sites excluding steroid dienone is 7. The summed E-state index contributed by atoms with van der Waals surface area (Å²) in [7, 11) is 1.51. The summed E-state index contributed by atoms with van der Waals surface area (Å²) in [5, 5.41) is 3.07. The minimum absolute atomic E-state index is 0.0411. The molecule has 0 aromatic rings. The number of carbonyl (C=O) groups excluding carboxylic acids is 2. The van der Waals surface area contributed by atoms with Gasteiger partial charge in [0.2, 0.25) is 5.91 Å². The van der Waals surface area contributed by atoms with Gasteiger partial charge in [0.25, 0.3) is 0 Å². The lowest BCUT2D eigenvalue weighted by Gasteiger charge is -2.27. The molecular formula is C71H136N2O7P+. The number of ether oxygens (including phenoxy) is 1. The van der Waals surface area contributed by atoms with Crippen molar-refractivity contribution in [2.75, 3.05) is 40.9 Å². The molecule has 81 heavy (non-hydrogen) atoms. The normalized spacial score (nSPS) is 13.8. The molecule has 0 aromatic heterocycles. The highest BCUT2D eigenvalue weighted by atomic mass is 31.2. The number of hydrogen-bond donors (Lipinski definition) is 2. The second-order valence-electron chi connectivity index (χ2n) is 25.0. The number of esters is 1. The first-order chi connectivity index (χ1) is 39.4. The average Bonchev–Trinajstić information content (AvgIpc) is 3.43. The molecule has 0 rings (SSSR count). The third kappa shape index (κ3) is 62.3. The summed E-state index contributed by atoms with van der Waals surface area (Å²) in [5.41, 5.74) is 0. The van der Waals surface area contributed by atoms with Crippen molar-refractivity contribution in [3.8, 4) is 0 Å². The maximum Gasteiger partial charge on any atom is 0.472 e. The topological polar surface area (TPSA) is 111 Å². The molecule has 0 heterocycles. The van der Waals surface area contributed by atoms with Gasteiger partial charge in [-0.3, -0.25) is 18.6 Å². The van der Waals surface area contributed by atoms with Gasteiger partial charge in [0.05, 0.1) is 33.8 Å². The Labute approximate surface area is 503 Å². The first-order valence-electron chi connectivity index (χ1n) is 35.0. The summed E-state index contributed by atoms with van der Waals surface area (Å²) < 4.78 is 30.8. The third-order valence-corrected chi connectivity index (χ3v) is 16.7. The van der Waals surface area contributed by atoms with Crippen LogP contribution in [0.3, 0.4) is 0 Å². The Morgan fingerprint density at radius 3 is 1.15 bits per heavy atom. The van der Waals surface area contributed by atoms with Crippen LogP contribution in [0, 0.1) is 0 Å². The van der Waals surface area contributed by atoms with Crippen molar-refractivity contribution in [3.05, 3.63) is 48.6 Å². The fourth-order valence-electron chi connectivity index (χ4n) is 10.3. The number of quaternary nitrogens is 1. The molecule has 0 aromatic carbocycles. The van der Waals surface area contributed by atoms with E-state index in [9.17, 15) is 19.0 Å². The largest absolute Gasteiger partial charge is 0.472 e. The van der Waals surface area contributed by atoms with Gasteiger partial charge in [-0.05, 0) is 89.5 Å². The van der Waals surface area contributed by atoms with Crippen LogP contribution in [0.1, 0.15) is 342 Å². The lowest BCUT2D eigenvalue weighted by molar-refractivity contribution is -0.870. The number of unbranched alkanes of at least 4 members (excludes halogenated alkanes) is 42. The SMILES string of the molecule is CCCCC/C=C\C/C=C\CCCCCCCCCCCCCC(=O)OC(/C=C/CCCCCCCCCCC)C(COP(=O)(O)OCC[N+](C)(C)C)NC(=O)CCCCCCCCCCCCCCC/C=C/CCCCCCCC. The standard InChI is InChI=1S/C71H135N2O7P/c1-7-10-13-16-19-22-25-27-29-31-33-35-36-38-39-41-43-45-48-51-54-57-60-63-70(74)72-68(67-79-81(76,77)78-66-65-73(4,5)6)69(62-59-56-53-50-47-24-21-18-15-12-9-3)80-71(75)64-61-58-55-52-49-46-44-42-40-37-34-32-30-28-26-23-20-17-14-11-8-2/h20,23,27-30,59,62,68-69H,7-19,21-22,24-26,31-58,60-61,63-67H2,1-6H3,(H-,72,74,76,77)/p+1/b23-20-,29-27+,30-28-,62-59+. The molecule has 10 heteroatoms. The van der Waals surface area contributed by atoms with Crippen LogP contribution in [0.15, 0.2) is 48.6 Å². The molecule has 0 spiro atoms. The van der Waals surface area contributed by atoms with Crippen molar-refractivity contribution in [1.82, 2.24) is 5.32 Å². The molecule has 0 aliphatic carbocycles. The van der Waals surface area contributed by atoms with Gasteiger partial charge < -0.3 is 19.4 Å². The molecule has 0 fully saturated rings. The molecular weight excluding hydrogens is 1020 g/mol. The average molecular weight is 1160 g/mol. The third-order valence-electron chi connectivity index (χ3n) is 15.7. The summed E-state index contributed by atoms with van der Waals surface area (Å²) >= 11 is 0. The van der Waals surface area contributed by atoms with Gasteiger partial charge in [-0.2, -0.15) is 0 Å². The predicted molar refractivity (Wildman–Crippen MR) is 351 cm³/mol. The van der Waals surface area contributed by atoms with E-state index in [1.807, 2.05) is 33.3 Å². The maximum atomic E-state index is 13.6. The van der Waals surface area contributed by atoms with Gasteiger partial charge >= 0.3 is 13.8 Å². The molecule has 0 aliphatic heterocycles. The monoisotopic (exact) mass is 1160 g/mol. The second kappa shape index (κ2) is 61.1. The van der Waals surface area contributed by atoms with Gasteiger partial charge in [0.15, 0.2) is 0 Å². The van der Waals surface area contributed by atoms with Crippen molar-refractivity contribution in [2.24, 2.45) is 0 Å². The van der Waals surface area contributed by atoms with Crippen LogP contribution in [0.2, 0.25) is 0 Å². The van der Waals surface area contributed by atoms with E-state index in [4.69, 9.17) is 13.8 Å². The van der Waals surface area contributed by atoms with Crippen LogP contribution in [0.25, 0.3) is 0 Å². The Morgan fingerprint density at radius 1 is 0.432 bits per heavy atom. The fourth-order valence-corrected chi connectivity index (χ4v) is 11.1. The Kier molecular flexibility index (Phi) is 59.5. The summed E-state index contributed by atoms with van der Waals surface area (Å²) in [6.45, 7) is 7.02. The number of carbonyl (C=O) groups is 2. The molecule has 3 unspecified atom stereocenters. The van der Waals surface area contributed by atoms with Crippen LogP contribution in [-0.4, -0.2) is 74.3 Å². The quantitative estimate of drug-likeness (QED) is 0.0205. The van der Waals surface area contributed by atoms with E-state index >= 15 is 0 Å². The summed E-state index contributed by atoms with van der Waals surface area (Å²) in [6, 6.07) is -0.848. The van der Waals surface area contributed by atoms with Crippen molar-refractivity contribution in [1.29, 1.82) is 0 Å². The van der Waals surface area contributed by atoms with Crippen LogP contribution in [-0.2, 0) is 27.9 Å². The van der Waals surface area contributed by atoms with Gasteiger partial charge in [-0.15, -0.1) is 0 Å². The summed E-state index contributed by atoms with van der Waals surface area (Å²) in [5.74, 6) is -0.494. The van der Waals surface area contributed by atoms with E-state index in [-0.39, 0.29) is 25.1 Å². The minimum atomic E-state index is -4.45. The zero-order valence-corrected chi connectivity index (χ0v) is 55.4. The van der Waals surface area contributed by atoms with Crippen LogP contribution in [0.5, 0.6) is 0 Å². The van der Waals surface area contributed by atoms with Crippen LogP contribution in [0.4, 0.5) is 0 Å². The lowest BCUT2D eigenvalue weighted by atomic mass is 10.0. The highest BCUT2D eigenvalue weighted by molar-refractivity contribution is 7.47. The summed E-state index contributed by atoms with van der Waals surface area (Å²) in [6.07, 6.45) is 76.9. The number of phosphoric ester groups is 1. The number of nitrogens with one attached hydrogen (secondary N) is 1.